The summed E-state index contributed by atoms with van der Waals surface area (Å²) in [4.78, 5) is 7.93. The average Bonchev–Trinajstić information content (AvgIpc) is 3.13. The zero-order valence-electron chi connectivity index (χ0n) is 15.6. The van der Waals surface area contributed by atoms with Crippen molar-refractivity contribution in [2.24, 2.45) is 0 Å². The summed E-state index contributed by atoms with van der Waals surface area (Å²) in [6.07, 6.45) is -7.93. The summed E-state index contributed by atoms with van der Waals surface area (Å²) in [5, 5.41) is 4.06. The van der Waals surface area contributed by atoms with Crippen LogP contribution in [0, 0.1) is 11.8 Å². The molecule has 4 aromatic rings. The third-order valence-corrected chi connectivity index (χ3v) is 4.49. The minimum atomic E-state index is -4.79. The highest BCUT2D eigenvalue weighted by Crippen LogP contribution is 2.34. The standard InChI is InChI=1S/C21H9ClF6N4/c22-18-9-12(7-8-29-18)1-6-15-10-19-30-16(11-17(21(26,27)28)32(19)31-15)13-2-4-14(5-3-13)20(23,24)25/h2-5,7-11H. The molecule has 4 rings (SSSR count). The lowest BCUT2D eigenvalue weighted by Crippen LogP contribution is -2.13. The van der Waals surface area contributed by atoms with Gasteiger partial charge in [-0.15, -0.1) is 0 Å². The first kappa shape index (κ1) is 21.6. The molecule has 11 heteroatoms. The molecule has 0 atom stereocenters. The molecule has 0 saturated carbocycles. The van der Waals surface area contributed by atoms with Crippen LogP contribution in [0.25, 0.3) is 16.9 Å². The molecule has 0 amide bonds. The van der Waals surface area contributed by atoms with Crippen LogP contribution in [0.4, 0.5) is 26.3 Å². The predicted octanol–water partition coefficient (Wildman–Crippen LogP) is 5.88. The van der Waals surface area contributed by atoms with Gasteiger partial charge in [-0.2, -0.15) is 31.4 Å². The predicted molar refractivity (Wildman–Crippen MR) is 104 cm³/mol. The molecule has 0 unspecified atom stereocenters. The van der Waals surface area contributed by atoms with Gasteiger partial charge in [0.25, 0.3) is 0 Å². The Morgan fingerprint density at radius 1 is 0.844 bits per heavy atom. The second-order valence-corrected chi connectivity index (χ2v) is 6.90. The fourth-order valence-corrected chi connectivity index (χ4v) is 3.01. The highest BCUT2D eigenvalue weighted by Gasteiger charge is 2.35. The molecule has 0 fully saturated rings. The summed E-state index contributed by atoms with van der Waals surface area (Å²) in [5.74, 6) is 5.36. The van der Waals surface area contributed by atoms with Gasteiger partial charge in [0, 0.05) is 23.4 Å². The van der Waals surface area contributed by atoms with Crippen molar-refractivity contribution in [2.75, 3.05) is 0 Å². The van der Waals surface area contributed by atoms with Crippen molar-refractivity contribution >= 4 is 17.2 Å². The molecule has 0 radical (unpaired) electrons. The highest BCUT2D eigenvalue weighted by atomic mass is 35.5. The van der Waals surface area contributed by atoms with E-state index in [-0.39, 0.29) is 27.8 Å². The summed E-state index contributed by atoms with van der Waals surface area (Å²) >= 11 is 5.78. The number of hydrogen-bond acceptors (Lipinski definition) is 3. The summed E-state index contributed by atoms with van der Waals surface area (Å²) in [5.41, 5.74) is -1.79. The summed E-state index contributed by atoms with van der Waals surface area (Å²) in [6, 6.07) is 8.70. The van der Waals surface area contributed by atoms with Gasteiger partial charge in [0.2, 0.25) is 0 Å². The van der Waals surface area contributed by atoms with Crippen molar-refractivity contribution in [3.63, 3.8) is 0 Å². The second-order valence-electron chi connectivity index (χ2n) is 6.52. The summed E-state index contributed by atoms with van der Waals surface area (Å²) in [6.45, 7) is 0. The molecule has 0 aliphatic rings. The Bertz CT molecular complexity index is 1360. The molecule has 32 heavy (non-hydrogen) atoms. The average molecular weight is 467 g/mol. The van der Waals surface area contributed by atoms with Crippen molar-refractivity contribution in [3.05, 3.63) is 82.4 Å². The zero-order chi connectivity index (χ0) is 23.1. The second kappa shape index (κ2) is 7.84. The lowest BCUT2D eigenvalue weighted by molar-refractivity contribution is -0.142. The Labute approximate surface area is 181 Å². The van der Waals surface area contributed by atoms with Crippen LogP contribution in [-0.2, 0) is 12.4 Å². The molecular weight excluding hydrogens is 458 g/mol. The van der Waals surface area contributed by atoms with Crippen molar-refractivity contribution in [2.45, 2.75) is 12.4 Å². The number of hydrogen-bond donors (Lipinski definition) is 0. The van der Waals surface area contributed by atoms with E-state index in [0.29, 0.717) is 10.1 Å². The molecule has 0 spiro atoms. The van der Waals surface area contributed by atoms with Crippen LogP contribution in [0.1, 0.15) is 22.5 Å². The van der Waals surface area contributed by atoms with Gasteiger partial charge in [-0.3, -0.25) is 0 Å². The lowest BCUT2D eigenvalue weighted by atomic mass is 10.1. The van der Waals surface area contributed by atoms with E-state index >= 15 is 0 Å². The summed E-state index contributed by atoms with van der Waals surface area (Å²) in [7, 11) is 0. The van der Waals surface area contributed by atoms with Crippen LogP contribution < -0.4 is 0 Å². The lowest BCUT2D eigenvalue weighted by Gasteiger charge is -2.11. The third kappa shape index (κ3) is 4.53. The fourth-order valence-electron chi connectivity index (χ4n) is 2.83. The minimum absolute atomic E-state index is 0.0144. The number of pyridine rings is 1. The molecule has 0 bridgehead atoms. The van der Waals surface area contributed by atoms with Crippen LogP contribution in [0.2, 0.25) is 5.15 Å². The smallest absolute Gasteiger partial charge is 0.244 e. The number of fused-ring (bicyclic) bond motifs is 1. The fraction of sp³-hybridized carbons (Fsp3) is 0.0952. The van der Waals surface area contributed by atoms with Crippen molar-refractivity contribution in [1.29, 1.82) is 0 Å². The SMILES string of the molecule is FC(F)(F)c1ccc(-c2cc(C(F)(F)F)n3nc(C#Cc4ccnc(Cl)c4)cc3n2)cc1. The quantitative estimate of drug-likeness (QED) is 0.200. The third-order valence-electron chi connectivity index (χ3n) is 4.29. The van der Waals surface area contributed by atoms with E-state index in [1.54, 1.807) is 6.07 Å². The van der Waals surface area contributed by atoms with E-state index in [2.05, 4.69) is 26.9 Å². The van der Waals surface area contributed by atoms with E-state index in [9.17, 15) is 26.3 Å². The molecule has 3 heterocycles. The monoisotopic (exact) mass is 466 g/mol. The van der Waals surface area contributed by atoms with Gasteiger partial charge in [-0.05, 0) is 36.3 Å². The number of halogens is 7. The van der Waals surface area contributed by atoms with E-state index in [4.69, 9.17) is 11.6 Å². The molecular formula is C21H9ClF6N4. The number of benzene rings is 1. The van der Waals surface area contributed by atoms with Crippen LogP contribution in [0.5, 0.6) is 0 Å². The Morgan fingerprint density at radius 3 is 2.19 bits per heavy atom. The molecule has 4 nitrogen and oxygen atoms in total. The Balaban J connectivity index is 1.80. The molecule has 1 aromatic carbocycles. The molecule has 3 aromatic heterocycles. The van der Waals surface area contributed by atoms with E-state index in [1.807, 2.05) is 0 Å². The van der Waals surface area contributed by atoms with E-state index in [1.165, 1.54) is 18.3 Å². The summed E-state index contributed by atoms with van der Waals surface area (Å²) < 4.78 is 79.8. The van der Waals surface area contributed by atoms with Gasteiger partial charge in [0.15, 0.2) is 11.3 Å². The normalized spacial score (nSPS) is 12.0. The van der Waals surface area contributed by atoms with Crippen molar-refractivity contribution in [1.82, 2.24) is 19.6 Å². The van der Waals surface area contributed by atoms with Gasteiger partial charge < -0.3 is 0 Å². The maximum absolute atomic E-state index is 13.6. The van der Waals surface area contributed by atoms with E-state index < -0.39 is 23.6 Å². The number of rotatable bonds is 1. The van der Waals surface area contributed by atoms with Crippen LogP contribution >= 0.6 is 11.6 Å². The maximum atomic E-state index is 13.6. The molecule has 0 N–H and O–H groups in total. The van der Waals surface area contributed by atoms with Crippen LogP contribution in [-0.4, -0.2) is 19.6 Å². The Hall–Kier alpha value is -3.58. The van der Waals surface area contributed by atoms with Crippen molar-refractivity contribution in [3.8, 4) is 23.1 Å². The van der Waals surface area contributed by atoms with Gasteiger partial charge in [-0.25, -0.2) is 14.5 Å². The zero-order valence-corrected chi connectivity index (χ0v) is 16.4. The first-order chi connectivity index (χ1) is 15.0. The van der Waals surface area contributed by atoms with E-state index in [0.717, 1.165) is 30.3 Å². The Morgan fingerprint density at radius 2 is 1.56 bits per heavy atom. The largest absolute Gasteiger partial charge is 0.433 e. The molecule has 162 valence electrons. The number of aromatic nitrogens is 4. The number of nitrogens with zero attached hydrogens (tertiary/aromatic N) is 4. The number of alkyl halides is 6. The molecule has 0 saturated heterocycles. The Kier molecular flexibility index (Phi) is 5.30. The molecule has 0 aliphatic carbocycles. The molecule has 0 aliphatic heterocycles. The van der Waals surface area contributed by atoms with Crippen LogP contribution in [0.15, 0.2) is 54.7 Å². The first-order valence-electron chi connectivity index (χ1n) is 8.80. The van der Waals surface area contributed by atoms with Crippen LogP contribution in [0.3, 0.4) is 0 Å². The maximum Gasteiger partial charge on any atom is 0.433 e. The van der Waals surface area contributed by atoms with Gasteiger partial charge in [0.1, 0.15) is 10.8 Å². The first-order valence-corrected chi connectivity index (χ1v) is 9.18. The highest BCUT2D eigenvalue weighted by molar-refractivity contribution is 6.29. The topological polar surface area (TPSA) is 43.1 Å². The van der Waals surface area contributed by atoms with Crippen molar-refractivity contribution < 1.29 is 26.3 Å². The van der Waals surface area contributed by atoms with Gasteiger partial charge in [0.05, 0.1) is 11.3 Å². The van der Waals surface area contributed by atoms with Gasteiger partial charge in [-0.1, -0.05) is 29.7 Å². The van der Waals surface area contributed by atoms with Gasteiger partial charge >= 0.3 is 12.4 Å². The minimum Gasteiger partial charge on any atom is -0.244 e.